The second-order valence-corrected chi connectivity index (χ2v) is 5.90. The molecular weight excluding hydrogens is 316 g/mol. The van der Waals surface area contributed by atoms with Gasteiger partial charge in [-0.2, -0.15) is 0 Å². The van der Waals surface area contributed by atoms with E-state index in [4.69, 9.17) is 11.6 Å². The van der Waals surface area contributed by atoms with Crippen molar-refractivity contribution in [3.8, 4) is 0 Å². The normalized spacial score (nSPS) is 12.3. The number of hydrogen-bond donors (Lipinski definition) is 2. The second kappa shape index (κ2) is 7.00. The topological polar surface area (TPSA) is 41.1 Å². The summed E-state index contributed by atoms with van der Waals surface area (Å²) >= 11 is 9.32. The van der Waals surface area contributed by atoms with E-state index in [0.717, 1.165) is 10.2 Å². The molecule has 0 heterocycles. The first-order valence-electron chi connectivity index (χ1n) is 5.89. The molecule has 3 nitrogen and oxygen atoms in total. The van der Waals surface area contributed by atoms with Crippen molar-refractivity contribution in [1.82, 2.24) is 5.32 Å². The molecule has 0 fully saturated rings. The molecule has 1 aromatic carbocycles. The standard InChI is InChI=1S/C13H18BrClN2O/c1-8(2)7-16-13(18)9(3)17-10-4-5-11(14)12(15)6-10/h4-6,8-9,17H,7H2,1-3H3,(H,16,18). The number of nitrogens with one attached hydrogen (secondary N) is 2. The summed E-state index contributed by atoms with van der Waals surface area (Å²) in [4.78, 5) is 11.8. The number of halogens is 2. The van der Waals surface area contributed by atoms with E-state index in [9.17, 15) is 4.79 Å². The zero-order chi connectivity index (χ0) is 13.7. The van der Waals surface area contributed by atoms with Gasteiger partial charge in [0.05, 0.1) is 5.02 Å². The van der Waals surface area contributed by atoms with Gasteiger partial charge in [-0.15, -0.1) is 0 Å². The van der Waals surface area contributed by atoms with E-state index in [1.807, 2.05) is 19.1 Å². The minimum atomic E-state index is -0.291. The molecule has 1 rings (SSSR count). The highest BCUT2D eigenvalue weighted by atomic mass is 79.9. The molecule has 2 N–H and O–H groups in total. The molecule has 0 spiro atoms. The summed E-state index contributed by atoms with van der Waals surface area (Å²) < 4.78 is 0.839. The lowest BCUT2D eigenvalue weighted by Crippen LogP contribution is -2.39. The Morgan fingerprint density at radius 1 is 1.39 bits per heavy atom. The largest absolute Gasteiger partial charge is 0.374 e. The van der Waals surface area contributed by atoms with Crippen LogP contribution >= 0.6 is 27.5 Å². The van der Waals surface area contributed by atoms with Crippen LogP contribution in [0.2, 0.25) is 5.02 Å². The van der Waals surface area contributed by atoms with Gasteiger partial charge in [-0.05, 0) is 47.0 Å². The summed E-state index contributed by atoms with van der Waals surface area (Å²) in [6, 6.07) is 5.23. The first-order valence-corrected chi connectivity index (χ1v) is 7.06. The summed E-state index contributed by atoms with van der Waals surface area (Å²) in [7, 11) is 0. The Hall–Kier alpha value is -0.740. The van der Waals surface area contributed by atoms with Gasteiger partial charge in [0.1, 0.15) is 6.04 Å². The van der Waals surface area contributed by atoms with Crippen molar-refractivity contribution in [3.63, 3.8) is 0 Å². The van der Waals surface area contributed by atoms with Gasteiger partial charge in [0, 0.05) is 16.7 Å². The molecule has 0 saturated carbocycles. The van der Waals surface area contributed by atoms with Crippen LogP contribution in [0.3, 0.4) is 0 Å². The van der Waals surface area contributed by atoms with Crippen molar-refractivity contribution < 1.29 is 4.79 Å². The quantitative estimate of drug-likeness (QED) is 0.863. The fraction of sp³-hybridized carbons (Fsp3) is 0.462. The molecule has 0 aromatic heterocycles. The predicted molar refractivity (Wildman–Crippen MR) is 80.1 cm³/mol. The van der Waals surface area contributed by atoms with E-state index in [0.29, 0.717) is 17.5 Å². The van der Waals surface area contributed by atoms with Gasteiger partial charge in [-0.3, -0.25) is 4.79 Å². The third-order valence-electron chi connectivity index (χ3n) is 2.38. The molecule has 5 heteroatoms. The molecular formula is C13H18BrClN2O. The van der Waals surface area contributed by atoms with E-state index in [1.54, 1.807) is 6.07 Å². The fourth-order valence-corrected chi connectivity index (χ4v) is 1.79. The average Bonchev–Trinajstić information content (AvgIpc) is 2.30. The van der Waals surface area contributed by atoms with Crippen molar-refractivity contribution in [2.75, 3.05) is 11.9 Å². The Morgan fingerprint density at radius 2 is 2.06 bits per heavy atom. The van der Waals surface area contributed by atoms with E-state index in [1.165, 1.54) is 0 Å². The average molecular weight is 334 g/mol. The molecule has 1 unspecified atom stereocenters. The molecule has 0 radical (unpaired) electrons. The fourth-order valence-electron chi connectivity index (χ4n) is 1.36. The number of anilines is 1. The van der Waals surface area contributed by atoms with Gasteiger partial charge in [0.2, 0.25) is 5.91 Å². The minimum Gasteiger partial charge on any atom is -0.374 e. The van der Waals surface area contributed by atoms with Crippen LogP contribution < -0.4 is 10.6 Å². The molecule has 0 saturated heterocycles. The maximum Gasteiger partial charge on any atom is 0.242 e. The van der Waals surface area contributed by atoms with Crippen LogP contribution in [0.5, 0.6) is 0 Å². The van der Waals surface area contributed by atoms with Crippen LogP contribution in [0, 0.1) is 5.92 Å². The smallest absolute Gasteiger partial charge is 0.242 e. The third-order valence-corrected chi connectivity index (χ3v) is 3.61. The van der Waals surface area contributed by atoms with Crippen LogP contribution in [0.4, 0.5) is 5.69 Å². The van der Waals surface area contributed by atoms with Gasteiger partial charge in [0.25, 0.3) is 0 Å². The lowest BCUT2D eigenvalue weighted by molar-refractivity contribution is -0.121. The summed E-state index contributed by atoms with van der Waals surface area (Å²) in [6.07, 6.45) is 0. The Bertz CT molecular complexity index is 423. The van der Waals surface area contributed by atoms with E-state index in [-0.39, 0.29) is 11.9 Å². The van der Waals surface area contributed by atoms with E-state index < -0.39 is 0 Å². The van der Waals surface area contributed by atoms with E-state index in [2.05, 4.69) is 40.4 Å². The first-order chi connectivity index (χ1) is 8.40. The SMILES string of the molecule is CC(C)CNC(=O)C(C)Nc1ccc(Br)c(Cl)c1. The number of benzene rings is 1. The lowest BCUT2D eigenvalue weighted by Gasteiger charge is -2.16. The monoisotopic (exact) mass is 332 g/mol. The van der Waals surface area contributed by atoms with Crippen molar-refractivity contribution in [2.24, 2.45) is 5.92 Å². The third kappa shape index (κ3) is 4.86. The van der Waals surface area contributed by atoms with Gasteiger partial charge in [0.15, 0.2) is 0 Å². The number of amides is 1. The maximum atomic E-state index is 11.8. The Labute approximate surface area is 121 Å². The predicted octanol–water partition coefficient (Wildman–Crippen LogP) is 3.68. The summed E-state index contributed by atoms with van der Waals surface area (Å²) in [5.41, 5.74) is 0.829. The lowest BCUT2D eigenvalue weighted by atomic mass is 10.2. The zero-order valence-electron chi connectivity index (χ0n) is 10.8. The molecule has 18 heavy (non-hydrogen) atoms. The highest BCUT2D eigenvalue weighted by molar-refractivity contribution is 9.10. The van der Waals surface area contributed by atoms with Gasteiger partial charge in [-0.1, -0.05) is 25.4 Å². The van der Waals surface area contributed by atoms with E-state index >= 15 is 0 Å². The van der Waals surface area contributed by atoms with Crippen LogP contribution in [-0.4, -0.2) is 18.5 Å². The molecule has 0 bridgehead atoms. The van der Waals surface area contributed by atoms with Crippen LogP contribution in [0.1, 0.15) is 20.8 Å². The molecule has 0 aliphatic rings. The summed E-state index contributed by atoms with van der Waals surface area (Å²) in [6.45, 7) is 6.64. The molecule has 1 amide bonds. The van der Waals surface area contributed by atoms with Gasteiger partial charge < -0.3 is 10.6 Å². The Kier molecular flexibility index (Phi) is 5.96. The molecule has 100 valence electrons. The molecule has 0 aliphatic heterocycles. The number of hydrogen-bond acceptors (Lipinski definition) is 2. The van der Waals surface area contributed by atoms with Crippen LogP contribution in [-0.2, 0) is 4.79 Å². The molecule has 1 aromatic rings. The Balaban J connectivity index is 2.55. The highest BCUT2D eigenvalue weighted by Gasteiger charge is 2.12. The maximum absolute atomic E-state index is 11.8. The summed E-state index contributed by atoms with van der Waals surface area (Å²) in [5, 5.41) is 6.62. The molecule has 0 aliphatic carbocycles. The van der Waals surface area contributed by atoms with Gasteiger partial charge >= 0.3 is 0 Å². The zero-order valence-corrected chi connectivity index (χ0v) is 13.1. The van der Waals surface area contributed by atoms with Crippen molar-refractivity contribution in [3.05, 3.63) is 27.7 Å². The number of carbonyl (C=O) groups excluding carboxylic acids is 1. The van der Waals surface area contributed by atoms with Gasteiger partial charge in [-0.25, -0.2) is 0 Å². The molecule has 1 atom stereocenters. The van der Waals surface area contributed by atoms with Crippen LogP contribution in [0.15, 0.2) is 22.7 Å². The second-order valence-electron chi connectivity index (χ2n) is 4.63. The highest BCUT2D eigenvalue weighted by Crippen LogP contribution is 2.25. The van der Waals surface area contributed by atoms with Crippen LogP contribution in [0.25, 0.3) is 0 Å². The first kappa shape index (κ1) is 15.3. The number of rotatable bonds is 5. The Morgan fingerprint density at radius 3 is 2.61 bits per heavy atom. The van der Waals surface area contributed by atoms with Crippen molar-refractivity contribution in [2.45, 2.75) is 26.8 Å². The van der Waals surface area contributed by atoms with Crippen molar-refractivity contribution >= 4 is 39.1 Å². The number of carbonyl (C=O) groups is 1. The minimum absolute atomic E-state index is 0.0114. The summed E-state index contributed by atoms with van der Waals surface area (Å²) in [5.74, 6) is 0.436. The van der Waals surface area contributed by atoms with Crippen molar-refractivity contribution in [1.29, 1.82) is 0 Å².